The number of aliphatic hydroxyl groups excluding tert-OH is 2. The number of aliphatic carboxylic acids is 2. The third kappa shape index (κ3) is 19.0. The number of rotatable bonds is 28. The van der Waals surface area contributed by atoms with E-state index < -0.39 is 144 Å². The fraction of sp³-hybridized carbons (Fsp3) is 0.649. The normalized spacial score (nSPS) is 16.4. The molecule has 11 atom stereocenters. The van der Waals surface area contributed by atoms with Crippen LogP contribution in [-0.2, 0) is 54.4 Å². The summed E-state index contributed by atoms with van der Waals surface area (Å²) in [6.45, 7) is 9.11. The molecule has 0 radical (unpaired) electrons. The average Bonchev–Trinajstić information content (AvgIpc) is 3.70. The maximum Gasteiger partial charge on any atom is 0.326 e. The lowest BCUT2D eigenvalue weighted by Crippen LogP contribution is -2.64. The molecule has 16 N–H and O–H groups in total. The molecule has 25 nitrogen and oxygen atoms in total. The van der Waals surface area contributed by atoms with Crippen LogP contribution in [0, 0.1) is 11.8 Å². The zero-order chi connectivity index (χ0) is 48.3. The molecular formula is C37H61N11O14S. The van der Waals surface area contributed by atoms with Crippen LogP contribution in [0.2, 0.25) is 0 Å². The van der Waals surface area contributed by atoms with Crippen LogP contribution in [0.4, 0.5) is 0 Å². The molecule has 1 heterocycles. The van der Waals surface area contributed by atoms with Crippen LogP contribution < -0.4 is 48.7 Å². The van der Waals surface area contributed by atoms with E-state index in [0.29, 0.717) is 5.69 Å². The number of hydrogen-bond donors (Lipinski definition) is 15. The van der Waals surface area contributed by atoms with E-state index in [0.717, 1.165) is 13.8 Å². The maximum absolute atomic E-state index is 13.7. The van der Waals surface area contributed by atoms with Gasteiger partial charge in [-0.2, -0.15) is 12.6 Å². The van der Waals surface area contributed by atoms with Crippen LogP contribution in [0.15, 0.2) is 12.5 Å². The van der Waals surface area contributed by atoms with E-state index in [9.17, 15) is 63.3 Å². The highest BCUT2D eigenvalue weighted by Gasteiger charge is 2.38. The molecule has 1 aromatic rings. The summed E-state index contributed by atoms with van der Waals surface area (Å²) in [5.41, 5.74) is 11.5. The molecule has 0 aliphatic carbocycles. The Bertz CT molecular complexity index is 1760. The van der Waals surface area contributed by atoms with Crippen molar-refractivity contribution in [2.24, 2.45) is 23.3 Å². The van der Waals surface area contributed by atoms with Crippen molar-refractivity contribution < 1.29 is 68.4 Å². The largest absolute Gasteiger partial charge is 0.481 e. The number of nitrogens with zero attached hydrogens (tertiary/aromatic N) is 1. The van der Waals surface area contributed by atoms with Crippen molar-refractivity contribution in [1.82, 2.24) is 47.2 Å². The lowest BCUT2D eigenvalue weighted by molar-refractivity contribution is -0.147. The first-order valence-electron chi connectivity index (χ1n) is 19.9. The highest BCUT2D eigenvalue weighted by Crippen LogP contribution is 2.12. The number of nitrogens with two attached hydrogens (primary N) is 2. The van der Waals surface area contributed by atoms with Crippen molar-refractivity contribution in [3.8, 4) is 0 Å². The first-order valence-corrected chi connectivity index (χ1v) is 20.5. The maximum atomic E-state index is 13.7. The topological polar surface area (TPSA) is 417 Å². The van der Waals surface area contributed by atoms with Gasteiger partial charge in [-0.1, -0.05) is 34.1 Å². The number of amides is 8. The smallest absolute Gasteiger partial charge is 0.326 e. The van der Waals surface area contributed by atoms with E-state index >= 15 is 0 Å². The lowest BCUT2D eigenvalue weighted by Gasteiger charge is -2.30. The number of aliphatic hydroxyl groups is 2. The zero-order valence-electron chi connectivity index (χ0n) is 35.7. The average molecular weight is 916 g/mol. The summed E-state index contributed by atoms with van der Waals surface area (Å²) >= 11 is 4.09. The first-order chi connectivity index (χ1) is 29.3. The van der Waals surface area contributed by atoms with Gasteiger partial charge in [0.15, 0.2) is 0 Å². The van der Waals surface area contributed by atoms with Gasteiger partial charge in [0, 0.05) is 24.1 Å². The molecule has 63 heavy (non-hydrogen) atoms. The summed E-state index contributed by atoms with van der Waals surface area (Å²) in [7, 11) is 0. The fourth-order valence-corrected chi connectivity index (χ4v) is 6.01. The van der Waals surface area contributed by atoms with E-state index in [1.807, 2.05) is 19.2 Å². The van der Waals surface area contributed by atoms with Crippen LogP contribution in [0.25, 0.3) is 0 Å². The lowest BCUT2D eigenvalue weighted by atomic mass is 9.96. The van der Waals surface area contributed by atoms with Gasteiger partial charge in [0.05, 0.1) is 37.4 Å². The first kappa shape index (κ1) is 55.2. The Kier molecular flexibility index (Phi) is 23.3. The Morgan fingerprint density at radius 2 is 1.13 bits per heavy atom. The monoisotopic (exact) mass is 915 g/mol. The van der Waals surface area contributed by atoms with Gasteiger partial charge in [-0.25, -0.2) is 9.78 Å². The summed E-state index contributed by atoms with van der Waals surface area (Å²) in [6, 6.07) is -12.7. The van der Waals surface area contributed by atoms with Crippen LogP contribution >= 0.6 is 12.6 Å². The number of primary amides is 1. The van der Waals surface area contributed by atoms with Gasteiger partial charge in [-0.05, 0) is 32.1 Å². The quantitative estimate of drug-likeness (QED) is 0.0350. The number of imidazole rings is 1. The molecular weight excluding hydrogens is 855 g/mol. The number of thiol groups is 1. The Morgan fingerprint density at radius 1 is 0.667 bits per heavy atom. The number of carbonyl (C=O) groups excluding carboxylic acids is 8. The highest BCUT2D eigenvalue weighted by molar-refractivity contribution is 7.80. The van der Waals surface area contributed by atoms with E-state index in [4.69, 9.17) is 16.6 Å². The van der Waals surface area contributed by atoms with E-state index in [1.54, 1.807) is 13.8 Å². The third-order valence-electron chi connectivity index (χ3n) is 9.44. The molecule has 0 aliphatic heterocycles. The molecule has 0 aromatic carbocycles. The van der Waals surface area contributed by atoms with E-state index in [1.165, 1.54) is 12.5 Å². The van der Waals surface area contributed by atoms with Crippen LogP contribution in [0.1, 0.15) is 72.9 Å². The highest BCUT2D eigenvalue weighted by atomic mass is 32.1. The molecule has 0 bridgehead atoms. The minimum absolute atomic E-state index is 0.0182. The Hall–Kier alpha value is -5.86. The summed E-state index contributed by atoms with van der Waals surface area (Å²) in [4.78, 5) is 135. The second-order valence-corrected chi connectivity index (χ2v) is 15.7. The molecule has 0 unspecified atom stereocenters. The Morgan fingerprint density at radius 3 is 1.57 bits per heavy atom. The molecule has 0 spiro atoms. The number of carbonyl (C=O) groups is 10. The number of hydrogen-bond acceptors (Lipinski definition) is 15. The van der Waals surface area contributed by atoms with Crippen molar-refractivity contribution >= 4 is 71.8 Å². The summed E-state index contributed by atoms with van der Waals surface area (Å²) in [5.74, 6) is -12.5. The van der Waals surface area contributed by atoms with E-state index in [-0.39, 0.29) is 25.2 Å². The second-order valence-electron chi connectivity index (χ2n) is 15.4. The Labute approximate surface area is 368 Å². The van der Waals surface area contributed by atoms with Gasteiger partial charge < -0.3 is 74.1 Å². The van der Waals surface area contributed by atoms with E-state index in [2.05, 4.69) is 54.5 Å². The van der Waals surface area contributed by atoms with Gasteiger partial charge in [0.25, 0.3) is 0 Å². The standard InChI is InChI=1S/C37H61N11O14S/c1-7-16(4)27(46-32(56)22(10-25(39)51)42-30(54)20(38)8-15(2)3)34(58)47-29(18(6)50)36(60)48-28(17(5)49)35(59)45-24(13-63)33(57)43-21(9-19-12-40-14-41-19)31(55)44-23(37(61)62)11-26(52)53/h12,14-18,20-24,27-29,49-50,63H,7-11,13,38H2,1-6H3,(H2,39,51)(H,40,41)(H,42,54)(H,43,57)(H,44,55)(H,45,59)(H,46,56)(H,47,58)(H,48,60)(H,52,53)(H,61,62)/t16-,17+,18+,20-,21-,22-,23-,24-,27-,28-,29-/m0/s1. The molecule has 26 heteroatoms. The van der Waals surface area contributed by atoms with Crippen molar-refractivity contribution in [3.05, 3.63) is 18.2 Å². The van der Waals surface area contributed by atoms with Gasteiger partial charge in [-0.3, -0.25) is 43.2 Å². The third-order valence-corrected chi connectivity index (χ3v) is 9.80. The minimum atomic E-state index is -1.87. The fourth-order valence-electron chi connectivity index (χ4n) is 5.76. The Balaban J connectivity index is 3.26. The molecule has 0 aliphatic rings. The van der Waals surface area contributed by atoms with Crippen molar-refractivity contribution in [3.63, 3.8) is 0 Å². The minimum Gasteiger partial charge on any atom is -0.481 e. The van der Waals surface area contributed by atoms with Gasteiger partial charge in [0.2, 0.25) is 47.3 Å². The molecule has 0 saturated carbocycles. The predicted molar refractivity (Wildman–Crippen MR) is 224 cm³/mol. The molecule has 1 rings (SSSR count). The molecule has 354 valence electrons. The molecule has 0 fully saturated rings. The number of carboxylic acids is 2. The van der Waals surface area contributed by atoms with Crippen molar-refractivity contribution in [2.45, 2.75) is 134 Å². The van der Waals surface area contributed by atoms with Gasteiger partial charge in [0.1, 0.15) is 42.3 Å². The molecule has 1 aromatic heterocycles. The van der Waals surface area contributed by atoms with Crippen molar-refractivity contribution in [1.29, 1.82) is 0 Å². The summed E-state index contributed by atoms with van der Waals surface area (Å²) < 4.78 is 0. The zero-order valence-corrected chi connectivity index (χ0v) is 36.6. The van der Waals surface area contributed by atoms with Gasteiger partial charge in [-0.15, -0.1) is 0 Å². The second kappa shape index (κ2) is 26.6. The summed E-state index contributed by atoms with van der Waals surface area (Å²) in [6.07, 6.45) is -2.19. The summed E-state index contributed by atoms with van der Waals surface area (Å²) in [5, 5.41) is 55.6. The number of nitrogens with one attached hydrogen (secondary N) is 8. The van der Waals surface area contributed by atoms with Crippen molar-refractivity contribution in [2.75, 3.05) is 5.75 Å². The number of aromatic amines is 1. The molecule has 0 saturated heterocycles. The number of carboxylic acid groups (broad SMARTS) is 2. The number of H-pyrrole nitrogens is 1. The van der Waals surface area contributed by atoms with Gasteiger partial charge >= 0.3 is 11.9 Å². The van der Waals surface area contributed by atoms with Crippen LogP contribution in [-0.4, -0.2) is 156 Å². The number of aromatic nitrogens is 2. The van der Waals surface area contributed by atoms with Crippen LogP contribution in [0.5, 0.6) is 0 Å². The van der Waals surface area contributed by atoms with Crippen LogP contribution in [0.3, 0.4) is 0 Å². The molecule has 8 amide bonds. The SMILES string of the molecule is CC[C@H](C)[C@H](NC(=O)[C@H](CC(N)=O)NC(=O)[C@@H](N)CC(C)C)C(=O)N[C@H](C(=O)N[C@H](C(=O)N[C@@H](CS)C(=O)N[C@@H](Cc1cnc[nH]1)C(=O)N[C@@H](CC(=O)O)C(=O)O)[C@@H](C)O)[C@@H](C)O. The predicted octanol–water partition coefficient (Wildman–Crippen LogP) is -5.11.